The molecule has 2 rings (SSSR count). The highest BCUT2D eigenvalue weighted by Crippen LogP contribution is 2.22. The van der Waals surface area contributed by atoms with E-state index >= 15 is 0 Å². The van der Waals surface area contributed by atoms with Gasteiger partial charge in [0.2, 0.25) is 0 Å². The van der Waals surface area contributed by atoms with Crippen LogP contribution in [-0.2, 0) is 7.05 Å². The zero-order valence-corrected chi connectivity index (χ0v) is 8.71. The largest absolute Gasteiger partial charge is 0.357 e. The third-order valence-corrected chi connectivity index (χ3v) is 3.07. The second-order valence-corrected chi connectivity index (χ2v) is 3.85. The van der Waals surface area contributed by atoms with Crippen molar-refractivity contribution in [2.24, 2.45) is 7.05 Å². The Balaban J connectivity index is 2.26. The molecule has 0 unspecified atom stereocenters. The minimum absolute atomic E-state index is 0.907. The molecule has 2 heterocycles. The van der Waals surface area contributed by atoms with Crippen molar-refractivity contribution in [2.45, 2.75) is 12.8 Å². The molecule has 1 aromatic rings. The van der Waals surface area contributed by atoms with Crippen LogP contribution in [0.4, 0.5) is 5.82 Å². The van der Waals surface area contributed by atoms with E-state index in [1.54, 1.807) is 0 Å². The van der Waals surface area contributed by atoms with E-state index in [2.05, 4.69) is 30.4 Å². The van der Waals surface area contributed by atoms with Gasteiger partial charge in [0.05, 0.1) is 6.20 Å². The molecule has 12 heavy (non-hydrogen) atoms. The first-order valence-electron chi connectivity index (χ1n) is 4.21. The summed E-state index contributed by atoms with van der Waals surface area (Å²) in [6, 6.07) is 0. The molecule has 0 N–H and O–H groups in total. The summed E-state index contributed by atoms with van der Waals surface area (Å²) in [6.45, 7) is 2.35. The van der Waals surface area contributed by atoms with Crippen molar-refractivity contribution in [3.8, 4) is 0 Å². The van der Waals surface area contributed by atoms with Gasteiger partial charge in [-0.05, 0) is 28.8 Å². The molecule has 1 fully saturated rings. The van der Waals surface area contributed by atoms with Crippen LogP contribution in [0.15, 0.2) is 10.9 Å². The average molecular weight is 230 g/mol. The highest BCUT2D eigenvalue weighted by atomic mass is 79.9. The van der Waals surface area contributed by atoms with Crippen LogP contribution in [0.2, 0.25) is 0 Å². The zero-order chi connectivity index (χ0) is 8.55. The Morgan fingerprint density at radius 2 is 2.08 bits per heavy atom. The van der Waals surface area contributed by atoms with Crippen molar-refractivity contribution in [3.63, 3.8) is 0 Å². The molecule has 0 atom stereocenters. The molecular formula is C8H12BrN3. The van der Waals surface area contributed by atoms with Crippen LogP contribution in [0, 0.1) is 0 Å². The summed E-state index contributed by atoms with van der Waals surface area (Å²) in [4.78, 5) is 6.57. The van der Waals surface area contributed by atoms with Gasteiger partial charge < -0.3 is 9.47 Å². The van der Waals surface area contributed by atoms with Crippen LogP contribution in [0.5, 0.6) is 0 Å². The Hall–Kier alpha value is -0.510. The molecule has 0 aliphatic carbocycles. The molecule has 4 heteroatoms. The molecule has 1 saturated heterocycles. The third-order valence-electron chi connectivity index (χ3n) is 2.34. The van der Waals surface area contributed by atoms with E-state index in [4.69, 9.17) is 0 Å². The lowest BCUT2D eigenvalue weighted by atomic mass is 10.4. The number of hydrogen-bond donors (Lipinski definition) is 0. The first-order chi connectivity index (χ1) is 5.79. The second kappa shape index (κ2) is 3.09. The average Bonchev–Trinajstić information content (AvgIpc) is 2.64. The molecule has 0 spiro atoms. The van der Waals surface area contributed by atoms with Gasteiger partial charge in [-0.15, -0.1) is 0 Å². The van der Waals surface area contributed by atoms with Crippen LogP contribution in [0.25, 0.3) is 0 Å². The van der Waals surface area contributed by atoms with Crippen LogP contribution in [0.3, 0.4) is 0 Å². The van der Waals surface area contributed by atoms with Gasteiger partial charge in [0.25, 0.3) is 0 Å². The van der Waals surface area contributed by atoms with Crippen LogP contribution in [-0.4, -0.2) is 22.6 Å². The van der Waals surface area contributed by atoms with Crippen molar-refractivity contribution in [2.75, 3.05) is 18.0 Å². The summed E-state index contributed by atoms with van der Waals surface area (Å²) in [7, 11) is 2.03. The lowest BCUT2D eigenvalue weighted by molar-refractivity contribution is 0.822. The number of anilines is 1. The third kappa shape index (κ3) is 1.24. The van der Waals surface area contributed by atoms with Crippen LogP contribution < -0.4 is 4.90 Å². The van der Waals surface area contributed by atoms with E-state index in [-0.39, 0.29) is 0 Å². The predicted molar refractivity (Wildman–Crippen MR) is 52.4 cm³/mol. The molecular weight excluding hydrogens is 218 g/mol. The smallest absolute Gasteiger partial charge is 0.178 e. The fourth-order valence-electron chi connectivity index (χ4n) is 1.62. The minimum atomic E-state index is 0.907. The Morgan fingerprint density at radius 3 is 2.58 bits per heavy atom. The molecule has 1 aliphatic rings. The van der Waals surface area contributed by atoms with E-state index in [1.165, 1.54) is 31.7 Å². The van der Waals surface area contributed by atoms with Gasteiger partial charge in [-0.2, -0.15) is 0 Å². The summed E-state index contributed by atoms with van der Waals surface area (Å²) in [6.07, 6.45) is 4.54. The van der Waals surface area contributed by atoms with E-state index in [0.29, 0.717) is 0 Å². The molecule has 0 saturated carbocycles. The zero-order valence-electron chi connectivity index (χ0n) is 7.13. The first-order valence-corrected chi connectivity index (χ1v) is 5.00. The standard InChI is InChI=1S/C8H12BrN3/c1-11-7(6-10-8(11)9)12-4-2-3-5-12/h6H,2-5H2,1H3. The fraction of sp³-hybridized carbons (Fsp3) is 0.625. The number of nitrogens with zero attached hydrogens (tertiary/aromatic N) is 3. The molecule has 0 aromatic carbocycles. The maximum absolute atomic E-state index is 4.20. The number of aromatic nitrogens is 2. The molecule has 0 amide bonds. The van der Waals surface area contributed by atoms with E-state index in [1.807, 2.05) is 13.2 Å². The van der Waals surface area contributed by atoms with Crippen molar-refractivity contribution in [1.29, 1.82) is 0 Å². The van der Waals surface area contributed by atoms with Gasteiger partial charge >= 0.3 is 0 Å². The fourth-order valence-corrected chi connectivity index (χ4v) is 1.90. The van der Waals surface area contributed by atoms with E-state index in [9.17, 15) is 0 Å². The number of hydrogen-bond acceptors (Lipinski definition) is 2. The highest BCUT2D eigenvalue weighted by molar-refractivity contribution is 9.10. The normalized spacial score (nSPS) is 17.3. The van der Waals surface area contributed by atoms with Gasteiger partial charge in [-0.1, -0.05) is 0 Å². The SMILES string of the molecule is Cn1c(N2CCCC2)cnc1Br. The Labute approximate surface area is 80.5 Å². The molecule has 0 radical (unpaired) electrons. The summed E-state index contributed by atoms with van der Waals surface area (Å²) in [5, 5.41) is 0. The summed E-state index contributed by atoms with van der Waals surface area (Å²) in [5.74, 6) is 1.22. The summed E-state index contributed by atoms with van der Waals surface area (Å²) in [5.41, 5.74) is 0. The van der Waals surface area contributed by atoms with Crippen LogP contribution in [0.1, 0.15) is 12.8 Å². The number of rotatable bonds is 1. The summed E-state index contributed by atoms with van der Waals surface area (Å²) >= 11 is 3.39. The Bertz CT molecular complexity index is 276. The van der Waals surface area contributed by atoms with Gasteiger partial charge in [-0.3, -0.25) is 0 Å². The van der Waals surface area contributed by atoms with Gasteiger partial charge in [0.1, 0.15) is 5.82 Å². The van der Waals surface area contributed by atoms with Crippen molar-refractivity contribution >= 4 is 21.7 Å². The number of imidazole rings is 1. The van der Waals surface area contributed by atoms with E-state index < -0.39 is 0 Å². The molecule has 3 nitrogen and oxygen atoms in total. The molecule has 0 bridgehead atoms. The lowest BCUT2D eigenvalue weighted by Gasteiger charge is -2.16. The molecule has 66 valence electrons. The Kier molecular flexibility index (Phi) is 2.09. The van der Waals surface area contributed by atoms with Gasteiger partial charge in [0, 0.05) is 20.1 Å². The second-order valence-electron chi connectivity index (χ2n) is 3.14. The van der Waals surface area contributed by atoms with E-state index in [0.717, 1.165) is 4.73 Å². The molecule has 1 aromatic heterocycles. The van der Waals surface area contributed by atoms with Crippen molar-refractivity contribution in [3.05, 3.63) is 10.9 Å². The van der Waals surface area contributed by atoms with Crippen molar-refractivity contribution < 1.29 is 0 Å². The lowest BCUT2D eigenvalue weighted by Crippen LogP contribution is -2.20. The van der Waals surface area contributed by atoms with Crippen molar-refractivity contribution in [1.82, 2.24) is 9.55 Å². The highest BCUT2D eigenvalue weighted by Gasteiger charge is 2.15. The molecule has 1 aliphatic heterocycles. The Morgan fingerprint density at radius 1 is 1.42 bits per heavy atom. The maximum atomic E-state index is 4.20. The van der Waals surface area contributed by atoms with Crippen LogP contribution >= 0.6 is 15.9 Å². The monoisotopic (exact) mass is 229 g/mol. The topological polar surface area (TPSA) is 21.1 Å². The maximum Gasteiger partial charge on any atom is 0.178 e. The predicted octanol–water partition coefficient (Wildman–Crippen LogP) is 1.78. The van der Waals surface area contributed by atoms with Gasteiger partial charge in [0.15, 0.2) is 4.73 Å². The first kappa shape index (κ1) is 8.10. The van der Waals surface area contributed by atoms with Gasteiger partial charge in [-0.25, -0.2) is 4.98 Å². The quantitative estimate of drug-likeness (QED) is 0.733. The number of halogens is 1. The minimum Gasteiger partial charge on any atom is -0.357 e. The summed E-state index contributed by atoms with van der Waals surface area (Å²) < 4.78 is 2.98.